The summed E-state index contributed by atoms with van der Waals surface area (Å²) >= 11 is 0. The second-order valence-electron chi connectivity index (χ2n) is 7.12. The van der Waals surface area contributed by atoms with E-state index >= 15 is 0 Å². The van der Waals surface area contributed by atoms with Crippen LogP contribution >= 0.6 is 0 Å². The van der Waals surface area contributed by atoms with Crippen LogP contribution in [0.25, 0.3) is 0 Å². The molecule has 4 rings (SSSR count). The van der Waals surface area contributed by atoms with Gasteiger partial charge in [0.1, 0.15) is 0 Å². The molecule has 1 fully saturated rings. The highest BCUT2D eigenvalue weighted by Gasteiger charge is 2.39. The predicted molar refractivity (Wildman–Crippen MR) is 99.0 cm³/mol. The smallest absolute Gasteiger partial charge is 0.243 e. The Morgan fingerprint density at radius 1 is 1.00 bits per heavy atom. The van der Waals surface area contributed by atoms with Crippen molar-refractivity contribution >= 4 is 10.0 Å². The zero-order valence-corrected chi connectivity index (χ0v) is 15.1. The van der Waals surface area contributed by atoms with Crippen LogP contribution in [0.15, 0.2) is 53.4 Å². The Kier molecular flexibility index (Phi) is 4.40. The van der Waals surface area contributed by atoms with Gasteiger partial charge in [-0.05, 0) is 60.5 Å². The van der Waals surface area contributed by atoms with Crippen molar-refractivity contribution in [2.75, 3.05) is 19.6 Å². The van der Waals surface area contributed by atoms with Gasteiger partial charge in [-0.15, -0.1) is 0 Å². The summed E-state index contributed by atoms with van der Waals surface area (Å²) in [6.45, 7) is 1.50. The standard InChI is InChI=1S/C20H24N2O2S/c21-12-18-13-22(14-20(18)16-5-2-1-3-6-16)25(23,24)19-10-9-15-7-4-8-17(15)11-19/h1-3,5-6,9-11,18,20H,4,7-8,12-14,21H2/t18-,20+/m1/s1. The Balaban J connectivity index is 1.63. The van der Waals surface area contributed by atoms with Gasteiger partial charge < -0.3 is 5.73 Å². The van der Waals surface area contributed by atoms with Gasteiger partial charge in [-0.25, -0.2) is 8.42 Å². The van der Waals surface area contributed by atoms with E-state index in [4.69, 9.17) is 5.73 Å². The topological polar surface area (TPSA) is 63.4 Å². The van der Waals surface area contributed by atoms with Gasteiger partial charge in [0, 0.05) is 19.0 Å². The largest absolute Gasteiger partial charge is 0.330 e. The van der Waals surface area contributed by atoms with Gasteiger partial charge in [-0.2, -0.15) is 4.31 Å². The molecule has 0 amide bonds. The van der Waals surface area contributed by atoms with Crippen LogP contribution in [0.5, 0.6) is 0 Å². The Morgan fingerprint density at radius 2 is 1.76 bits per heavy atom. The summed E-state index contributed by atoms with van der Waals surface area (Å²) in [7, 11) is -3.47. The predicted octanol–water partition coefficient (Wildman–Crippen LogP) is 2.54. The van der Waals surface area contributed by atoms with Crippen molar-refractivity contribution < 1.29 is 8.42 Å². The van der Waals surface area contributed by atoms with Crippen molar-refractivity contribution in [1.82, 2.24) is 4.31 Å². The molecule has 0 spiro atoms. The van der Waals surface area contributed by atoms with Gasteiger partial charge in [0.15, 0.2) is 0 Å². The summed E-state index contributed by atoms with van der Waals surface area (Å²) < 4.78 is 27.9. The van der Waals surface area contributed by atoms with Crippen molar-refractivity contribution in [1.29, 1.82) is 0 Å². The zero-order valence-electron chi connectivity index (χ0n) is 14.3. The molecule has 4 nitrogen and oxygen atoms in total. The maximum atomic E-state index is 13.2. The minimum atomic E-state index is -3.47. The van der Waals surface area contributed by atoms with Crippen molar-refractivity contribution in [3.63, 3.8) is 0 Å². The molecule has 1 saturated heterocycles. The molecule has 0 bridgehead atoms. The lowest BCUT2D eigenvalue weighted by atomic mass is 9.89. The molecule has 0 radical (unpaired) electrons. The molecule has 0 saturated carbocycles. The van der Waals surface area contributed by atoms with Gasteiger partial charge in [-0.1, -0.05) is 36.4 Å². The van der Waals surface area contributed by atoms with Gasteiger partial charge >= 0.3 is 0 Å². The van der Waals surface area contributed by atoms with Crippen molar-refractivity contribution in [2.24, 2.45) is 11.7 Å². The first kappa shape index (κ1) is 16.8. The molecule has 25 heavy (non-hydrogen) atoms. The third-order valence-corrected chi connectivity index (χ3v) is 7.47. The molecule has 1 aliphatic heterocycles. The van der Waals surface area contributed by atoms with Crippen LogP contribution in [0, 0.1) is 5.92 Å². The zero-order chi connectivity index (χ0) is 17.4. The first-order valence-electron chi connectivity index (χ1n) is 8.96. The summed E-state index contributed by atoms with van der Waals surface area (Å²) in [5.74, 6) is 0.321. The fraction of sp³-hybridized carbons (Fsp3) is 0.400. The molecule has 5 heteroatoms. The third-order valence-electron chi connectivity index (χ3n) is 5.65. The number of nitrogens with two attached hydrogens (primary N) is 1. The van der Waals surface area contributed by atoms with E-state index in [1.165, 1.54) is 16.7 Å². The highest BCUT2D eigenvalue weighted by molar-refractivity contribution is 7.89. The molecule has 0 unspecified atom stereocenters. The molecular weight excluding hydrogens is 332 g/mol. The molecule has 132 valence electrons. The van der Waals surface area contributed by atoms with E-state index in [2.05, 4.69) is 12.1 Å². The minimum absolute atomic E-state index is 0.159. The second kappa shape index (κ2) is 6.56. The lowest BCUT2D eigenvalue weighted by Gasteiger charge is -2.17. The molecule has 1 heterocycles. The summed E-state index contributed by atoms with van der Waals surface area (Å²) in [6.07, 6.45) is 3.16. The average Bonchev–Trinajstić information content (AvgIpc) is 3.28. The molecule has 2 aromatic carbocycles. The number of nitrogens with zero attached hydrogens (tertiary/aromatic N) is 1. The lowest BCUT2D eigenvalue weighted by Crippen LogP contribution is -2.30. The van der Waals surface area contributed by atoms with Crippen LogP contribution in [-0.2, 0) is 22.9 Å². The average molecular weight is 356 g/mol. The summed E-state index contributed by atoms with van der Waals surface area (Å²) in [5, 5.41) is 0. The minimum Gasteiger partial charge on any atom is -0.330 e. The van der Waals surface area contributed by atoms with E-state index in [0.29, 0.717) is 24.5 Å². The van der Waals surface area contributed by atoms with Crippen molar-refractivity contribution in [3.8, 4) is 0 Å². The highest BCUT2D eigenvalue weighted by atomic mass is 32.2. The molecule has 2 atom stereocenters. The first-order valence-corrected chi connectivity index (χ1v) is 10.4. The first-order chi connectivity index (χ1) is 12.1. The summed E-state index contributed by atoms with van der Waals surface area (Å²) in [6, 6.07) is 15.8. The van der Waals surface area contributed by atoms with E-state index in [-0.39, 0.29) is 11.8 Å². The van der Waals surface area contributed by atoms with E-state index in [0.717, 1.165) is 19.3 Å². The number of fused-ring (bicyclic) bond motifs is 1. The normalized spacial score (nSPS) is 23.7. The number of sulfonamides is 1. The van der Waals surface area contributed by atoms with Crippen LogP contribution in [0.1, 0.15) is 29.0 Å². The second-order valence-corrected chi connectivity index (χ2v) is 9.06. The van der Waals surface area contributed by atoms with Gasteiger partial charge in [0.2, 0.25) is 10.0 Å². The Labute approximate surface area is 149 Å². The maximum Gasteiger partial charge on any atom is 0.243 e. The molecular formula is C20H24N2O2S. The Bertz CT molecular complexity index is 865. The van der Waals surface area contributed by atoms with Crippen molar-refractivity contribution in [2.45, 2.75) is 30.1 Å². The van der Waals surface area contributed by atoms with E-state index in [1.807, 2.05) is 30.3 Å². The highest BCUT2D eigenvalue weighted by Crippen LogP contribution is 2.36. The third kappa shape index (κ3) is 3.01. The lowest BCUT2D eigenvalue weighted by molar-refractivity contribution is 0.459. The molecule has 2 aliphatic rings. The van der Waals surface area contributed by atoms with E-state index < -0.39 is 10.0 Å². The van der Waals surface area contributed by atoms with Crippen LogP contribution in [0.2, 0.25) is 0 Å². The number of benzene rings is 2. The maximum absolute atomic E-state index is 13.2. The Morgan fingerprint density at radius 3 is 2.52 bits per heavy atom. The van der Waals surface area contributed by atoms with Crippen LogP contribution < -0.4 is 5.73 Å². The summed E-state index contributed by atoms with van der Waals surface area (Å²) in [4.78, 5) is 0.428. The Hall–Kier alpha value is -1.69. The molecule has 1 aliphatic carbocycles. The van der Waals surface area contributed by atoms with Crippen LogP contribution in [0.4, 0.5) is 0 Å². The monoisotopic (exact) mass is 356 g/mol. The van der Waals surface area contributed by atoms with Gasteiger partial charge in [0.25, 0.3) is 0 Å². The van der Waals surface area contributed by atoms with Gasteiger partial charge in [-0.3, -0.25) is 0 Å². The fourth-order valence-electron chi connectivity index (χ4n) is 4.20. The number of hydrogen-bond donors (Lipinski definition) is 1. The summed E-state index contributed by atoms with van der Waals surface area (Å²) in [5.41, 5.74) is 9.61. The van der Waals surface area contributed by atoms with Crippen LogP contribution in [0.3, 0.4) is 0 Å². The van der Waals surface area contributed by atoms with Crippen molar-refractivity contribution in [3.05, 3.63) is 65.2 Å². The van der Waals surface area contributed by atoms with Crippen LogP contribution in [-0.4, -0.2) is 32.4 Å². The van der Waals surface area contributed by atoms with E-state index in [9.17, 15) is 8.42 Å². The number of rotatable bonds is 4. The SMILES string of the molecule is NC[C@@H]1CN(S(=O)(=O)c2ccc3c(c2)CCC3)C[C@H]1c1ccccc1. The molecule has 0 aromatic heterocycles. The molecule has 2 N–H and O–H groups in total. The van der Waals surface area contributed by atoms with Gasteiger partial charge in [0.05, 0.1) is 4.90 Å². The quantitative estimate of drug-likeness (QED) is 0.916. The number of hydrogen-bond acceptors (Lipinski definition) is 3. The molecule has 2 aromatic rings. The fourth-order valence-corrected chi connectivity index (χ4v) is 5.78. The number of aryl methyl sites for hydroxylation is 2. The van der Waals surface area contributed by atoms with E-state index in [1.54, 1.807) is 10.4 Å².